The quantitative estimate of drug-likeness (QED) is 0.407. The SMILES string of the molecule is C=CC1CCC(C(CCC)CCCC2CCC(C)C(F)C2F)CC1. The van der Waals surface area contributed by atoms with Gasteiger partial charge in [0, 0.05) is 0 Å². The van der Waals surface area contributed by atoms with Crippen molar-refractivity contribution in [1.29, 1.82) is 0 Å². The van der Waals surface area contributed by atoms with E-state index in [2.05, 4.69) is 19.6 Å². The molecule has 0 radical (unpaired) electrons. The Kier molecular flexibility index (Phi) is 8.23. The third kappa shape index (κ3) is 5.30. The first-order valence-corrected chi connectivity index (χ1v) is 10.5. The van der Waals surface area contributed by atoms with E-state index in [9.17, 15) is 8.78 Å². The second kappa shape index (κ2) is 9.92. The summed E-state index contributed by atoms with van der Waals surface area (Å²) in [6.07, 6.45) is 12.4. The van der Waals surface area contributed by atoms with Crippen LogP contribution >= 0.6 is 0 Å². The first-order valence-electron chi connectivity index (χ1n) is 10.5. The van der Waals surface area contributed by atoms with E-state index in [0.717, 1.165) is 43.4 Å². The maximum atomic E-state index is 14.2. The molecular weight excluding hydrogens is 302 g/mol. The van der Waals surface area contributed by atoms with Crippen LogP contribution in [0.5, 0.6) is 0 Å². The molecule has 0 aliphatic heterocycles. The Balaban J connectivity index is 1.76. The lowest BCUT2D eigenvalue weighted by Crippen LogP contribution is -2.36. The highest BCUT2D eigenvalue weighted by Gasteiger charge is 2.37. The molecule has 2 aliphatic carbocycles. The summed E-state index contributed by atoms with van der Waals surface area (Å²) in [5, 5.41) is 0. The zero-order chi connectivity index (χ0) is 17.5. The van der Waals surface area contributed by atoms with Crippen molar-refractivity contribution in [3.8, 4) is 0 Å². The summed E-state index contributed by atoms with van der Waals surface area (Å²) in [7, 11) is 0. The number of halogens is 2. The van der Waals surface area contributed by atoms with Crippen molar-refractivity contribution in [2.75, 3.05) is 0 Å². The average molecular weight is 341 g/mol. The van der Waals surface area contributed by atoms with Gasteiger partial charge < -0.3 is 0 Å². The fourth-order valence-electron chi connectivity index (χ4n) is 5.15. The van der Waals surface area contributed by atoms with E-state index in [1.165, 1.54) is 44.9 Å². The van der Waals surface area contributed by atoms with Gasteiger partial charge in [0.15, 0.2) is 0 Å². The van der Waals surface area contributed by atoms with Crippen LogP contribution in [0.15, 0.2) is 12.7 Å². The fourth-order valence-corrected chi connectivity index (χ4v) is 5.15. The number of rotatable bonds is 8. The number of alkyl halides is 2. The zero-order valence-electron chi connectivity index (χ0n) is 15.9. The second-order valence-electron chi connectivity index (χ2n) is 8.59. The lowest BCUT2D eigenvalue weighted by molar-refractivity contribution is 0.0244. The summed E-state index contributed by atoms with van der Waals surface area (Å²) in [5.41, 5.74) is 0. The van der Waals surface area contributed by atoms with Gasteiger partial charge in [0.2, 0.25) is 0 Å². The van der Waals surface area contributed by atoms with Crippen molar-refractivity contribution in [1.82, 2.24) is 0 Å². The molecule has 0 heterocycles. The summed E-state index contributed by atoms with van der Waals surface area (Å²) in [6.45, 7) is 8.07. The van der Waals surface area contributed by atoms with Crippen molar-refractivity contribution in [3.63, 3.8) is 0 Å². The van der Waals surface area contributed by atoms with Gasteiger partial charge in [0.25, 0.3) is 0 Å². The molecule has 0 aromatic rings. The minimum atomic E-state index is -1.23. The van der Waals surface area contributed by atoms with Crippen molar-refractivity contribution in [2.45, 2.75) is 96.8 Å². The predicted octanol–water partition coefficient (Wildman–Crippen LogP) is 7.29. The molecule has 24 heavy (non-hydrogen) atoms. The van der Waals surface area contributed by atoms with Crippen molar-refractivity contribution >= 4 is 0 Å². The van der Waals surface area contributed by atoms with Gasteiger partial charge >= 0.3 is 0 Å². The summed E-state index contributed by atoms with van der Waals surface area (Å²) in [4.78, 5) is 0. The molecule has 0 amide bonds. The van der Waals surface area contributed by atoms with Gasteiger partial charge in [-0.25, -0.2) is 8.78 Å². The van der Waals surface area contributed by atoms with Crippen LogP contribution < -0.4 is 0 Å². The van der Waals surface area contributed by atoms with E-state index in [1.54, 1.807) is 0 Å². The summed E-state index contributed by atoms with van der Waals surface area (Å²) in [5.74, 6) is 2.24. The molecule has 2 fully saturated rings. The molecule has 0 saturated heterocycles. The molecule has 0 N–H and O–H groups in total. The third-order valence-corrected chi connectivity index (χ3v) is 6.92. The molecule has 0 nitrogen and oxygen atoms in total. The molecule has 0 spiro atoms. The highest BCUT2D eigenvalue weighted by atomic mass is 19.2. The maximum absolute atomic E-state index is 14.2. The fraction of sp³-hybridized carbons (Fsp3) is 0.909. The summed E-state index contributed by atoms with van der Waals surface area (Å²) < 4.78 is 28.1. The van der Waals surface area contributed by atoms with E-state index >= 15 is 0 Å². The highest BCUT2D eigenvalue weighted by molar-refractivity contribution is 4.88. The van der Waals surface area contributed by atoms with Crippen molar-refractivity contribution in [2.24, 2.45) is 29.6 Å². The highest BCUT2D eigenvalue weighted by Crippen LogP contribution is 2.40. The Hall–Kier alpha value is -0.400. The van der Waals surface area contributed by atoms with Gasteiger partial charge in [0.1, 0.15) is 12.3 Å². The van der Waals surface area contributed by atoms with Gasteiger partial charge in [-0.1, -0.05) is 45.6 Å². The van der Waals surface area contributed by atoms with Crippen molar-refractivity contribution < 1.29 is 8.78 Å². The zero-order valence-corrected chi connectivity index (χ0v) is 15.9. The smallest absolute Gasteiger partial charge is 0.134 e. The topological polar surface area (TPSA) is 0 Å². The van der Waals surface area contributed by atoms with Crippen LogP contribution in [0.1, 0.15) is 84.5 Å². The molecule has 5 unspecified atom stereocenters. The van der Waals surface area contributed by atoms with E-state index < -0.39 is 12.3 Å². The molecular formula is C22H38F2. The Morgan fingerprint density at radius 2 is 1.71 bits per heavy atom. The predicted molar refractivity (Wildman–Crippen MR) is 99.6 cm³/mol. The Bertz CT molecular complexity index is 359. The molecule has 0 aromatic carbocycles. The van der Waals surface area contributed by atoms with E-state index in [0.29, 0.717) is 0 Å². The minimum Gasteiger partial charge on any atom is -0.244 e. The first-order chi connectivity index (χ1) is 11.6. The van der Waals surface area contributed by atoms with Crippen LogP contribution in [0.25, 0.3) is 0 Å². The van der Waals surface area contributed by atoms with E-state index in [4.69, 9.17) is 0 Å². The normalized spacial score (nSPS) is 38.7. The van der Waals surface area contributed by atoms with Gasteiger partial charge in [0.05, 0.1) is 0 Å². The molecule has 2 saturated carbocycles. The summed E-state index contributed by atoms with van der Waals surface area (Å²) in [6, 6.07) is 0. The molecule has 2 heteroatoms. The largest absolute Gasteiger partial charge is 0.244 e. The molecule has 0 bridgehead atoms. The standard InChI is InChI=1S/C22H38F2/c1-4-7-18(19-14-11-17(5-2)12-15-19)8-6-9-20-13-10-16(3)21(23)22(20)24/h5,16-22H,2,4,6-15H2,1,3H3. The lowest BCUT2D eigenvalue weighted by Gasteiger charge is -2.35. The Morgan fingerprint density at radius 1 is 1.00 bits per heavy atom. The van der Waals surface area contributed by atoms with Gasteiger partial charge in [-0.05, 0) is 74.5 Å². The van der Waals surface area contributed by atoms with Crippen LogP contribution in [0.4, 0.5) is 8.78 Å². The first kappa shape index (κ1) is 19.9. The number of allylic oxidation sites excluding steroid dienone is 1. The number of hydrogen-bond donors (Lipinski definition) is 0. The van der Waals surface area contributed by atoms with Crippen LogP contribution in [0.3, 0.4) is 0 Å². The van der Waals surface area contributed by atoms with Crippen molar-refractivity contribution in [3.05, 3.63) is 12.7 Å². The number of hydrogen-bond acceptors (Lipinski definition) is 0. The maximum Gasteiger partial charge on any atom is 0.134 e. The minimum absolute atomic E-state index is 0.0324. The molecule has 5 atom stereocenters. The van der Waals surface area contributed by atoms with Crippen LogP contribution in [0, 0.1) is 29.6 Å². The monoisotopic (exact) mass is 340 g/mol. The van der Waals surface area contributed by atoms with Crippen LogP contribution in [-0.2, 0) is 0 Å². The molecule has 140 valence electrons. The van der Waals surface area contributed by atoms with Gasteiger partial charge in [-0.15, -0.1) is 6.58 Å². The van der Waals surface area contributed by atoms with E-state index in [-0.39, 0.29) is 11.8 Å². The molecule has 2 aliphatic rings. The summed E-state index contributed by atoms with van der Waals surface area (Å²) >= 11 is 0. The van der Waals surface area contributed by atoms with E-state index in [1.807, 2.05) is 6.92 Å². The van der Waals surface area contributed by atoms with Crippen LogP contribution in [-0.4, -0.2) is 12.3 Å². The van der Waals surface area contributed by atoms with Gasteiger partial charge in [-0.3, -0.25) is 0 Å². The average Bonchev–Trinajstić information content (AvgIpc) is 2.61. The lowest BCUT2D eigenvalue weighted by atomic mass is 9.72. The van der Waals surface area contributed by atoms with Gasteiger partial charge in [-0.2, -0.15) is 0 Å². The third-order valence-electron chi connectivity index (χ3n) is 6.92. The Labute approximate surface area is 148 Å². The molecule has 0 aromatic heterocycles. The molecule has 2 rings (SSSR count). The Morgan fingerprint density at radius 3 is 2.33 bits per heavy atom. The van der Waals surface area contributed by atoms with Crippen LogP contribution in [0.2, 0.25) is 0 Å². The second-order valence-corrected chi connectivity index (χ2v) is 8.59.